The largest absolute Gasteiger partial charge is 0.484 e. The molecular weight excluding hydrogens is 377 g/mol. The van der Waals surface area contributed by atoms with E-state index in [4.69, 9.17) is 4.74 Å². The maximum atomic E-state index is 13.3. The van der Waals surface area contributed by atoms with Gasteiger partial charge in [-0.1, -0.05) is 12.1 Å². The molecule has 0 spiro atoms. The molecule has 4 rings (SSSR count). The van der Waals surface area contributed by atoms with E-state index in [1.54, 1.807) is 47.3 Å². The average molecular weight is 393 g/mol. The molecule has 0 aliphatic rings. The zero-order chi connectivity index (χ0) is 20.1. The van der Waals surface area contributed by atoms with Crippen LogP contribution in [0.4, 0.5) is 10.2 Å². The van der Waals surface area contributed by atoms with Gasteiger partial charge >= 0.3 is 0 Å². The van der Waals surface area contributed by atoms with E-state index in [1.165, 1.54) is 23.1 Å². The summed E-state index contributed by atoms with van der Waals surface area (Å²) in [7, 11) is 0. The molecule has 0 atom stereocenters. The maximum Gasteiger partial charge on any atom is 0.263 e. The highest BCUT2D eigenvalue weighted by Gasteiger charge is 2.07. The lowest BCUT2D eigenvalue weighted by atomic mass is 10.2. The van der Waals surface area contributed by atoms with E-state index in [0.29, 0.717) is 18.1 Å². The molecule has 2 aromatic carbocycles. The zero-order valence-corrected chi connectivity index (χ0v) is 15.1. The van der Waals surface area contributed by atoms with Crippen LogP contribution in [-0.4, -0.2) is 42.5 Å². The van der Waals surface area contributed by atoms with Crippen molar-refractivity contribution in [3.63, 3.8) is 0 Å². The number of carbonyl (C=O) groups excluding carboxylic acids is 1. The molecule has 0 saturated carbocycles. The second-order valence-corrected chi connectivity index (χ2v) is 6.11. The van der Waals surface area contributed by atoms with E-state index >= 15 is 0 Å². The third kappa shape index (κ3) is 4.80. The molecule has 146 valence electrons. The molecule has 1 N–H and O–H groups in total. The van der Waals surface area contributed by atoms with Crippen LogP contribution in [0.25, 0.3) is 5.69 Å². The second kappa shape index (κ2) is 8.30. The molecule has 1 amide bonds. The predicted octanol–water partition coefficient (Wildman–Crippen LogP) is 2.06. The molecular formula is C19H16FN7O2. The highest BCUT2D eigenvalue weighted by atomic mass is 19.1. The monoisotopic (exact) mass is 393 g/mol. The number of nitrogens with zero attached hydrogens (tertiary/aromatic N) is 6. The lowest BCUT2D eigenvalue weighted by molar-refractivity contribution is -0.118. The Kier molecular flexibility index (Phi) is 5.23. The van der Waals surface area contributed by atoms with E-state index in [-0.39, 0.29) is 18.3 Å². The van der Waals surface area contributed by atoms with Crippen molar-refractivity contribution in [2.24, 2.45) is 0 Å². The highest BCUT2D eigenvalue weighted by Crippen LogP contribution is 2.14. The fourth-order valence-corrected chi connectivity index (χ4v) is 2.64. The fourth-order valence-electron chi connectivity index (χ4n) is 2.64. The number of halogens is 1. The summed E-state index contributed by atoms with van der Waals surface area (Å²) >= 11 is 0. The Morgan fingerprint density at radius 1 is 1.14 bits per heavy atom. The normalized spacial score (nSPS) is 10.7. The van der Waals surface area contributed by atoms with Crippen molar-refractivity contribution in [3.05, 3.63) is 78.5 Å². The first kappa shape index (κ1) is 18.3. The molecule has 0 aliphatic carbocycles. The Morgan fingerprint density at radius 2 is 2.00 bits per heavy atom. The van der Waals surface area contributed by atoms with Gasteiger partial charge < -0.3 is 10.1 Å². The van der Waals surface area contributed by atoms with Gasteiger partial charge in [-0.25, -0.2) is 9.07 Å². The summed E-state index contributed by atoms with van der Waals surface area (Å²) in [5.74, 6) is 0.287. The van der Waals surface area contributed by atoms with Crippen molar-refractivity contribution in [2.75, 3.05) is 11.9 Å². The van der Waals surface area contributed by atoms with E-state index < -0.39 is 0 Å². The number of benzene rings is 2. The maximum absolute atomic E-state index is 13.3. The van der Waals surface area contributed by atoms with Crippen molar-refractivity contribution in [1.29, 1.82) is 0 Å². The molecule has 29 heavy (non-hydrogen) atoms. The number of carbonyl (C=O) groups is 1. The van der Waals surface area contributed by atoms with Gasteiger partial charge in [0.05, 0.1) is 12.2 Å². The van der Waals surface area contributed by atoms with Gasteiger partial charge in [0, 0.05) is 12.3 Å². The van der Waals surface area contributed by atoms with Crippen molar-refractivity contribution < 1.29 is 13.9 Å². The summed E-state index contributed by atoms with van der Waals surface area (Å²) in [5.41, 5.74) is 1.55. The van der Waals surface area contributed by atoms with Crippen LogP contribution in [0, 0.1) is 5.82 Å². The van der Waals surface area contributed by atoms with Crippen LogP contribution in [0.15, 0.2) is 67.1 Å². The molecule has 0 fully saturated rings. The number of nitrogens with one attached hydrogen (secondary N) is 1. The molecule has 0 unspecified atom stereocenters. The summed E-state index contributed by atoms with van der Waals surface area (Å²) in [6, 6.07) is 14.9. The van der Waals surface area contributed by atoms with E-state index in [1.807, 2.05) is 6.07 Å². The topological polar surface area (TPSA) is 99.8 Å². The van der Waals surface area contributed by atoms with Crippen molar-refractivity contribution in [2.45, 2.75) is 6.54 Å². The van der Waals surface area contributed by atoms with Gasteiger partial charge in [0.2, 0.25) is 0 Å². The van der Waals surface area contributed by atoms with Crippen LogP contribution < -0.4 is 10.1 Å². The molecule has 0 saturated heterocycles. The summed E-state index contributed by atoms with van der Waals surface area (Å²) in [6.45, 7) is 0.235. The minimum atomic E-state index is -0.342. The molecule has 4 aromatic rings. The number of anilines is 1. The van der Waals surface area contributed by atoms with Gasteiger partial charge in [0.25, 0.3) is 5.91 Å². The van der Waals surface area contributed by atoms with Gasteiger partial charge in [0.15, 0.2) is 12.4 Å². The molecule has 0 aliphatic heterocycles. The summed E-state index contributed by atoms with van der Waals surface area (Å²) in [6.07, 6.45) is 3.19. The number of hydrogen-bond acceptors (Lipinski definition) is 6. The van der Waals surface area contributed by atoms with Gasteiger partial charge in [-0.3, -0.25) is 9.48 Å². The lowest BCUT2D eigenvalue weighted by Gasteiger charge is -2.07. The van der Waals surface area contributed by atoms with Crippen molar-refractivity contribution in [1.82, 2.24) is 30.0 Å². The number of amides is 1. The standard InChI is InChI=1S/C19H16FN7O2/c20-15-3-1-2-14(10-15)11-26-9-8-18(23-26)22-19(28)12-29-17-6-4-16(5-7-17)27-13-21-24-25-27/h1-10,13H,11-12H2,(H,22,23,28). The van der Waals surface area contributed by atoms with E-state index in [2.05, 4.69) is 25.9 Å². The Bertz CT molecular complexity index is 1090. The molecule has 0 bridgehead atoms. The number of rotatable bonds is 7. The second-order valence-electron chi connectivity index (χ2n) is 6.11. The number of aromatic nitrogens is 6. The minimum absolute atomic E-state index is 0.166. The Hall–Kier alpha value is -4.08. The van der Waals surface area contributed by atoms with Crippen LogP contribution in [0.3, 0.4) is 0 Å². The number of tetrazole rings is 1. The Morgan fingerprint density at radius 3 is 2.76 bits per heavy atom. The first-order valence-corrected chi connectivity index (χ1v) is 8.70. The van der Waals surface area contributed by atoms with Crippen LogP contribution in [0.5, 0.6) is 5.75 Å². The van der Waals surface area contributed by atoms with Crippen LogP contribution in [0.1, 0.15) is 5.56 Å². The van der Waals surface area contributed by atoms with Crippen LogP contribution >= 0.6 is 0 Å². The van der Waals surface area contributed by atoms with Crippen molar-refractivity contribution in [3.8, 4) is 11.4 Å². The average Bonchev–Trinajstić information content (AvgIpc) is 3.39. The summed E-state index contributed by atoms with van der Waals surface area (Å²) in [5, 5.41) is 17.9. The molecule has 2 heterocycles. The van der Waals surface area contributed by atoms with Crippen LogP contribution in [0.2, 0.25) is 0 Å². The molecule has 0 radical (unpaired) electrons. The van der Waals surface area contributed by atoms with Crippen molar-refractivity contribution >= 4 is 11.7 Å². The fraction of sp³-hybridized carbons (Fsp3) is 0.105. The van der Waals surface area contributed by atoms with E-state index in [0.717, 1.165) is 11.3 Å². The first-order chi connectivity index (χ1) is 14.2. The SMILES string of the molecule is O=C(COc1ccc(-n2cnnn2)cc1)Nc1ccn(Cc2cccc(F)c2)n1. The lowest BCUT2D eigenvalue weighted by Crippen LogP contribution is -2.20. The summed E-state index contributed by atoms with van der Waals surface area (Å²) in [4.78, 5) is 12.1. The molecule has 2 aromatic heterocycles. The first-order valence-electron chi connectivity index (χ1n) is 8.70. The Balaban J connectivity index is 1.28. The predicted molar refractivity (Wildman–Crippen MR) is 101 cm³/mol. The molecule has 10 heteroatoms. The van der Waals surface area contributed by atoms with Crippen LogP contribution in [-0.2, 0) is 11.3 Å². The third-order valence-electron chi connectivity index (χ3n) is 3.96. The van der Waals surface area contributed by atoms with E-state index in [9.17, 15) is 9.18 Å². The quantitative estimate of drug-likeness (QED) is 0.516. The third-order valence-corrected chi connectivity index (χ3v) is 3.96. The van der Waals surface area contributed by atoms with Gasteiger partial charge in [0.1, 0.15) is 17.9 Å². The highest BCUT2D eigenvalue weighted by molar-refractivity contribution is 5.90. The van der Waals surface area contributed by atoms with Gasteiger partial charge in [-0.05, 0) is 52.4 Å². The minimum Gasteiger partial charge on any atom is -0.484 e. The Labute approximate surface area is 164 Å². The zero-order valence-electron chi connectivity index (χ0n) is 15.1. The molecule has 9 nitrogen and oxygen atoms in total. The number of ether oxygens (including phenoxy) is 1. The smallest absolute Gasteiger partial charge is 0.263 e. The summed E-state index contributed by atoms with van der Waals surface area (Å²) < 4.78 is 21.9. The van der Waals surface area contributed by atoms with Gasteiger partial charge in [-0.2, -0.15) is 5.10 Å². The van der Waals surface area contributed by atoms with Gasteiger partial charge in [-0.15, -0.1) is 5.10 Å². The number of hydrogen-bond donors (Lipinski definition) is 1.